The van der Waals surface area contributed by atoms with Crippen molar-refractivity contribution >= 4 is 29.3 Å². The van der Waals surface area contributed by atoms with E-state index in [1.807, 2.05) is 13.8 Å². The molecular weight excluding hydrogens is 280 g/mol. The highest BCUT2D eigenvalue weighted by molar-refractivity contribution is 6.33. The minimum atomic E-state index is -0.678. The summed E-state index contributed by atoms with van der Waals surface area (Å²) < 4.78 is 4.68. The van der Waals surface area contributed by atoms with Gasteiger partial charge in [-0.3, -0.25) is 0 Å². The van der Waals surface area contributed by atoms with Crippen molar-refractivity contribution in [3.8, 4) is 0 Å². The maximum atomic E-state index is 11.9. The zero-order valence-corrected chi connectivity index (χ0v) is 12.5. The molecule has 5 nitrogen and oxygen atoms in total. The number of carbonyl (C=O) groups is 2. The number of anilines is 1. The number of carbonyl (C=O) groups excluding carboxylic acids is 2. The van der Waals surface area contributed by atoms with Gasteiger partial charge in [-0.15, -0.1) is 0 Å². The Morgan fingerprint density at radius 1 is 1.30 bits per heavy atom. The Labute approximate surface area is 123 Å². The van der Waals surface area contributed by atoms with Gasteiger partial charge in [0.1, 0.15) is 6.04 Å². The Kier molecular flexibility index (Phi) is 6.31. The summed E-state index contributed by atoms with van der Waals surface area (Å²) in [4.78, 5) is 23.5. The molecule has 0 aliphatic heterocycles. The van der Waals surface area contributed by atoms with Gasteiger partial charge in [0.15, 0.2) is 0 Å². The predicted octanol–water partition coefficient (Wildman–Crippen LogP) is 3.05. The molecule has 20 heavy (non-hydrogen) atoms. The molecule has 110 valence electrons. The van der Waals surface area contributed by atoms with Crippen LogP contribution in [0.4, 0.5) is 10.5 Å². The second-order valence-corrected chi connectivity index (χ2v) is 5.19. The first kappa shape index (κ1) is 16.3. The third kappa shape index (κ3) is 5.09. The highest BCUT2D eigenvalue weighted by atomic mass is 35.5. The van der Waals surface area contributed by atoms with E-state index in [2.05, 4.69) is 15.4 Å². The normalized spacial score (nSPS) is 11.8. The van der Waals surface area contributed by atoms with Crippen LogP contribution in [0.2, 0.25) is 5.02 Å². The van der Waals surface area contributed by atoms with Crippen LogP contribution >= 0.6 is 11.6 Å². The lowest BCUT2D eigenvalue weighted by molar-refractivity contribution is -0.143. The number of urea groups is 1. The fraction of sp³-hybridized carbons (Fsp3) is 0.429. The quantitative estimate of drug-likeness (QED) is 0.821. The number of nitrogens with one attached hydrogen (secondary N) is 2. The van der Waals surface area contributed by atoms with Crippen molar-refractivity contribution in [3.63, 3.8) is 0 Å². The lowest BCUT2D eigenvalue weighted by Crippen LogP contribution is -2.44. The third-order valence-electron chi connectivity index (χ3n) is 2.62. The molecule has 0 aromatic heterocycles. The minimum absolute atomic E-state index is 0.250. The van der Waals surface area contributed by atoms with Crippen molar-refractivity contribution in [2.45, 2.75) is 26.3 Å². The molecule has 0 unspecified atom stereocenters. The Bertz CT molecular complexity index is 477. The topological polar surface area (TPSA) is 67.4 Å². The van der Waals surface area contributed by atoms with Crippen LogP contribution in [0, 0.1) is 5.92 Å². The maximum absolute atomic E-state index is 11.9. The van der Waals surface area contributed by atoms with Gasteiger partial charge < -0.3 is 15.4 Å². The molecular formula is C14H19ClN2O3. The van der Waals surface area contributed by atoms with Crippen LogP contribution < -0.4 is 10.6 Å². The van der Waals surface area contributed by atoms with E-state index in [0.717, 1.165) is 0 Å². The largest absolute Gasteiger partial charge is 0.467 e. The number of ether oxygens (including phenoxy) is 1. The van der Waals surface area contributed by atoms with Crippen LogP contribution in [0.1, 0.15) is 20.3 Å². The van der Waals surface area contributed by atoms with E-state index in [4.69, 9.17) is 11.6 Å². The SMILES string of the molecule is COC(=O)[C@H](CC(C)C)NC(=O)Nc1ccccc1Cl. The number of hydrogen-bond donors (Lipinski definition) is 2. The van der Waals surface area contributed by atoms with Crippen LogP contribution in [0.15, 0.2) is 24.3 Å². The lowest BCUT2D eigenvalue weighted by atomic mass is 10.0. The summed E-state index contributed by atoms with van der Waals surface area (Å²) >= 11 is 5.94. The second-order valence-electron chi connectivity index (χ2n) is 4.78. The molecule has 0 aliphatic carbocycles. The first-order chi connectivity index (χ1) is 9.43. The van der Waals surface area contributed by atoms with Crippen molar-refractivity contribution in [1.29, 1.82) is 0 Å². The first-order valence-corrected chi connectivity index (χ1v) is 6.71. The van der Waals surface area contributed by atoms with E-state index < -0.39 is 18.0 Å². The van der Waals surface area contributed by atoms with Crippen molar-refractivity contribution in [2.24, 2.45) is 5.92 Å². The van der Waals surface area contributed by atoms with Gasteiger partial charge in [0.05, 0.1) is 17.8 Å². The number of amides is 2. The van der Waals surface area contributed by atoms with Crippen LogP contribution in [0.5, 0.6) is 0 Å². The summed E-state index contributed by atoms with van der Waals surface area (Å²) in [6.07, 6.45) is 0.503. The van der Waals surface area contributed by atoms with Gasteiger partial charge in [-0.05, 0) is 24.5 Å². The summed E-state index contributed by atoms with van der Waals surface area (Å²) in [5.74, 6) is -0.215. The number of rotatable bonds is 5. The molecule has 0 fully saturated rings. The molecule has 0 heterocycles. The molecule has 2 amide bonds. The third-order valence-corrected chi connectivity index (χ3v) is 2.95. The monoisotopic (exact) mass is 298 g/mol. The molecule has 1 atom stereocenters. The minimum Gasteiger partial charge on any atom is -0.467 e. The van der Waals surface area contributed by atoms with E-state index in [1.54, 1.807) is 24.3 Å². The number of halogens is 1. The average molecular weight is 299 g/mol. The average Bonchev–Trinajstić information content (AvgIpc) is 2.39. The van der Waals surface area contributed by atoms with Crippen LogP contribution in [-0.2, 0) is 9.53 Å². The fourth-order valence-corrected chi connectivity index (χ4v) is 1.89. The Hall–Kier alpha value is -1.75. The van der Waals surface area contributed by atoms with Crippen LogP contribution in [0.25, 0.3) is 0 Å². The van der Waals surface area contributed by atoms with Crippen molar-refractivity contribution < 1.29 is 14.3 Å². The predicted molar refractivity (Wildman–Crippen MR) is 78.9 cm³/mol. The summed E-state index contributed by atoms with van der Waals surface area (Å²) in [5, 5.41) is 5.63. The van der Waals surface area contributed by atoms with Crippen molar-refractivity contribution in [1.82, 2.24) is 5.32 Å². The molecule has 0 saturated heterocycles. The molecule has 1 aromatic rings. The van der Waals surface area contributed by atoms with Crippen LogP contribution in [-0.4, -0.2) is 25.2 Å². The van der Waals surface area contributed by atoms with Gasteiger partial charge in [0, 0.05) is 0 Å². The van der Waals surface area contributed by atoms with Gasteiger partial charge in [-0.2, -0.15) is 0 Å². The Morgan fingerprint density at radius 2 is 1.95 bits per heavy atom. The van der Waals surface area contributed by atoms with E-state index in [1.165, 1.54) is 7.11 Å². The van der Waals surface area contributed by atoms with Gasteiger partial charge in [-0.1, -0.05) is 37.6 Å². The number of hydrogen-bond acceptors (Lipinski definition) is 3. The standard InChI is InChI=1S/C14H19ClN2O3/c1-9(2)8-12(13(18)20-3)17-14(19)16-11-7-5-4-6-10(11)15/h4-7,9,12H,8H2,1-3H3,(H2,16,17,19)/t12-/m0/s1. The maximum Gasteiger partial charge on any atom is 0.328 e. The summed E-state index contributed by atoms with van der Waals surface area (Å²) in [6, 6.07) is 5.70. The molecule has 0 spiro atoms. The first-order valence-electron chi connectivity index (χ1n) is 6.34. The van der Waals surface area contributed by atoms with Crippen molar-refractivity contribution in [2.75, 3.05) is 12.4 Å². The van der Waals surface area contributed by atoms with E-state index in [0.29, 0.717) is 17.1 Å². The number of esters is 1. The lowest BCUT2D eigenvalue weighted by Gasteiger charge is -2.18. The van der Waals surface area contributed by atoms with E-state index in [-0.39, 0.29) is 5.92 Å². The molecule has 2 N–H and O–H groups in total. The van der Waals surface area contributed by atoms with E-state index in [9.17, 15) is 9.59 Å². The van der Waals surface area contributed by atoms with Crippen molar-refractivity contribution in [3.05, 3.63) is 29.3 Å². The van der Waals surface area contributed by atoms with E-state index >= 15 is 0 Å². The molecule has 0 bridgehead atoms. The summed E-state index contributed by atoms with van der Waals surface area (Å²) in [5.41, 5.74) is 0.486. The zero-order valence-electron chi connectivity index (χ0n) is 11.8. The highest BCUT2D eigenvalue weighted by Crippen LogP contribution is 2.20. The molecule has 1 aromatic carbocycles. The van der Waals surface area contributed by atoms with Gasteiger partial charge in [-0.25, -0.2) is 9.59 Å². The summed E-state index contributed by atoms with van der Waals surface area (Å²) in [6.45, 7) is 3.92. The fourth-order valence-electron chi connectivity index (χ4n) is 1.71. The molecule has 0 radical (unpaired) electrons. The molecule has 0 aliphatic rings. The number of benzene rings is 1. The smallest absolute Gasteiger partial charge is 0.328 e. The molecule has 0 saturated carbocycles. The van der Waals surface area contributed by atoms with Gasteiger partial charge >= 0.3 is 12.0 Å². The van der Waals surface area contributed by atoms with Crippen LogP contribution in [0.3, 0.4) is 0 Å². The second kappa shape index (κ2) is 7.75. The Morgan fingerprint density at radius 3 is 2.50 bits per heavy atom. The number of methoxy groups -OCH3 is 1. The van der Waals surface area contributed by atoms with Gasteiger partial charge in [0.25, 0.3) is 0 Å². The molecule has 6 heteroatoms. The Balaban J connectivity index is 2.66. The zero-order chi connectivity index (χ0) is 15.1. The highest BCUT2D eigenvalue weighted by Gasteiger charge is 2.22. The van der Waals surface area contributed by atoms with Gasteiger partial charge in [0.2, 0.25) is 0 Å². The number of para-hydroxylation sites is 1. The molecule has 1 rings (SSSR count). The summed E-state index contributed by atoms with van der Waals surface area (Å²) in [7, 11) is 1.29.